The van der Waals surface area contributed by atoms with Crippen LogP contribution in [0.5, 0.6) is 0 Å². The van der Waals surface area contributed by atoms with Gasteiger partial charge < -0.3 is 5.32 Å². The molecule has 2 fully saturated rings. The van der Waals surface area contributed by atoms with Crippen molar-refractivity contribution in [2.24, 2.45) is 17.8 Å². The highest BCUT2D eigenvalue weighted by molar-refractivity contribution is 6.31. The smallest absolute Gasteiger partial charge is 0.220 e. The molecule has 4 unspecified atom stereocenters. The first-order valence-electron chi connectivity index (χ1n) is 7.67. The van der Waals surface area contributed by atoms with Gasteiger partial charge in [-0.3, -0.25) is 4.79 Å². The summed E-state index contributed by atoms with van der Waals surface area (Å²) in [6.45, 7) is 2.00. The highest BCUT2D eigenvalue weighted by Crippen LogP contribution is 2.49. The Bertz CT molecular complexity index is 502. The van der Waals surface area contributed by atoms with Crippen LogP contribution in [-0.2, 0) is 4.79 Å². The molecule has 1 amide bonds. The van der Waals surface area contributed by atoms with E-state index in [9.17, 15) is 4.79 Å². The maximum Gasteiger partial charge on any atom is 0.220 e. The number of nitrogens with one attached hydrogen (secondary N) is 1. The third-order valence-electron chi connectivity index (χ3n) is 5.08. The van der Waals surface area contributed by atoms with E-state index in [-0.39, 0.29) is 11.9 Å². The van der Waals surface area contributed by atoms with Crippen LogP contribution in [0, 0.1) is 17.8 Å². The van der Waals surface area contributed by atoms with E-state index in [2.05, 4.69) is 5.32 Å². The van der Waals surface area contributed by atoms with E-state index in [0.29, 0.717) is 12.3 Å². The number of halogens is 1. The molecule has 2 aliphatic carbocycles. The molecule has 108 valence electrons. The van der Waals surface area contributed by atoms with Crippen LogP contribution in [-0.4, -0.2) is 5.91 Å². The molecule has 0 spiro atoms. The summed E-state index contributed by atoms with van der Waals surface area (Å²) >= 11 is 6.17. The predicted molar refractivity (Wildman–Crippen MR) is 81.6 cm³/mol. The lowest BCUT2D eigenvalue weighted by Gasteiger charge is -2.22. The molecule has 1 N–H and O–H groups in total. The predicted octanol–water partition coefficient (Wildman–Crippen LogP) is 4.34. The molecule has 0 saturated heterocycles. The molecule has 3 rings (SSSR count). The monoisotopic (exact) mass is 291 g/mol. The van der Waals surface area contributed by atoms with E-state index in [4.69, 9.17) is 11.6 Å². The summed E-state index contributed by atoms with van der Waals surface area (Å²) in [6.07, 6.45) is 6.04. The maximum absolute atomic E-state index is 12.2. The molecule has 0 heterocycles. The van der Waals surface area contributed by atoms with Crippen molar-refractivity contribution in [3.63, 3.8) is 0 Å². The zero-order chi connectivity index (χ0) is 14.1. The summed E-state index contributed by atoms with van der Waals surface area (Å²) in [5.74, 6) is 2.50. The highest BCUT2D eigenvalue weighted by atomic mass is 35.5. The minimum atomic E-state index is -0.0187. The molecule has 2 aliphatic rings. The van der Waals surface area contributed by atoms with Gasteiger partial charge in [-0.1, -0.05) is 36.2 Å². The van der Waals surface area contributed by atoms with E-state index in [1.54, 1.807) is 0 Å². The van der Waals surface area contributed by atoms with Gasteiger partial charge in [0.25, 0.3) is 0 Å². The number of fused-ring (bicyclic) bond motifs is 2. The van der Waals surface area contributed by atoms with E-state index in [0.717, 1.165) is 22.4 Å². The molecule has 0 aliphatic heterocycles. The number of hydrogen-bond donors (Lipinski definition) is 1. The van der Waals surface area contributed by atoms with Crippen LogP contribution >= 0.6 is 11.6 Å². The van der Waals surface area contributed by atoms with Gasteiger partial charge in [-0.25, -0.2) is 0 Å². The lowest BCUT2D eigenvalue weighted by Crippen LogP contribution is -2.29. The third kappa shape index (κ3) is 2.85. The van der Waals surface area contributed by atoms with Gasteiger partial charge in [0.1, 0.15) is 0 Å². The molecule has 20 heavy (non-hydrogen) atoms. The first-order chi connectivity index (χ1) is 9.63. The normalized spacial score (nSPS) is 29.4. The average Bonchev–Trinajstić information content (AvgIpc) is 3.01. The molecular weight excluding hydrogens is 270 g/mol. The van der Waals surface area contributed by atoms with Gasteiger partial charge in [0, 0.05) is 11.4 Å². The number of rotatable bonds is 4. The number of benzene rings is 1. The largest absolute Gasteiger partial charge is 0.350 e. The Balaban J connectivity index is 1.55. The molecule has 0 radical (unpaired) electrons. The topological polar surface area (TPSA) is 29.1 Å². The van der Waals surface area contributed by atoms with Gasteiger partial charge in [-0.05, 0) is 55.6 Å². The summed E-state index contributed by atoms with van der Waals surface area (Å²) in [4.78, 5) is 12.2. The van der Waals surface area contributed by atoms with Crippen molar-refractivity contribution in [2.45, 2.75) is 45.1 Å². The van der Waals surface area contributed by atoms with Crippen molar-refractivity contribution >= 4 is 17.5 Å². The molecule has 0 aromatic heterocycles. The van der Waals surface area contributed by atoms with Crippen molar-refractivity contribution in [3.8, 4) is 0 Å². The van der Waals surface area contributed by atoms with E-state index in [1.165, 1.54) is 25.7 Å². The van der Waals surface area contributed by atoms with Crippen LogP contribution in [0.1, 0.15) is 50.6 Å². The van der Waals surface area contributed by atoms with Gasteiger partial charge >= 0.3 is 0 Å². The Morgan fingerprint density at radius 3 is 2.80 bits per heavy atom. The minimum Gasteiger partial charge on any atom is -0.350 e. The Hall–Kier alpha value is -1.02. The molecule has 2 bridgehead atoms. The number of hydrogen-bond acceptors (Lipinski definition) is 1. The highest BCUT2D eigenvalue weighted by Gasteiger charge is 2.40. The Labute approximate surface area is 125 Å². The second-order valence-corrected chi connectivity index (χ2v) is 6.86. The van der Waals surface area contributed by atoms with Crippen LogP contribution in [0.2, 0.25) is 5.02 Å². The summed E-state index contributed by atoms with van der Waals surface area (Å²) in [7, 11) is 0. The molecule has 3 heteroatoms. The van der Waals surface area contributed by atoms with E-state index in [1.807, 2.05) is 31.2 Å². The lowest BCUT2D eigenvalue weighted by atomic mass is 9.86. The van der Waals surface area contributed by atoms with Crippen molar-refractivity contribution in [1.82, 2.24) is 5.32 Å². The van der Waals surface area contributed by atoms with Crippen LogP contribution in [0.4, 0.5) is 0 Å². The van der Waals surface area contributed by atoms with Crippen molar-refractivity contribution in [3.05, 3.63) is 34.9 Å². The van der Waals surface area contributed by atoms with Crippen LogP contribution in [0.25, 0.3) is 0 Å². The van der Waals surface area contributed by atoms with E-state index >= 15 is 0 Å². The minimum absolute atomic E-state index is 0.0187. The number of carbonyl (C=O) groups excluding carboxylic acids is 1. The van der Waals surface area contributed by atoms with E-state index < -0.39 is 0 Å². The molecule has 2 saturated carbocycles. The number of amides is 1. The van der Waals surface area contributed by atoms with Gasteiger partial charge in [0.2, 0.25) is 5.91 Å². The molecule has 2 nitrogen and oxygen atoms in total. The quantitative estimate of drug-likeness (QED) is 0.878. The van der Waals surface area contributed by atoms with Crippen molar-refractivity contribution < 1.29 is 4.79 Å². The average molecular weight is 292 g/mol. The molecule has 1 aromatic rings. The fourth-order valence-corrected chi connectivity index (χ4v) is 4.37. The second kappa shape index (κ2) is 5.77. The van der Waals surface area contributed by atoms with Gasteiger partial charge in [0.15, 0.2) is 0 Å². The zero-order valence-corrected chi connectivity index (χ0v) is 12.7. The summed E-state index contributed by atoms with van der Waals surface area (Å²) in [6, 6.07) is 7.70. The Morgan fingerprint density at radius 1 is 1.35 bits per heavy atom. The Kier molecular flexibility index (Phi) is 4.02. The molecule has 1 aromatic carbocycles. The first-order valence-corrected chi connectivity index (χ1v) is 8.05. The third-order valence-corrected chi connectivity index (χ3v) is 5.43. The fourth-order valence-electron chi connectivity index (χ4n) is 4.07. The first kappa shape index (κ1) is 13.9. The summed E-state index contributed by atoms with van der Waals surface area (Å²) in [5, 5.41) is 3.82. The van der Waals surface area contributed by atoms with Crippen LogP contribution in [0.3, 0.4) is 0 Å². The van der Waals surface area contributed by atoms with Gasteiger partial charge in [-0.2, -0.15) is 0 Å². The Morgan fingerprint density at radius 2 is 2.15 bits per heavy atom. The summed E-state index contributed by atoms with van der Waals surface area (Å²) in [5.41, 5.74) is 0.996. The standard InChI is InChI=1S/C17H22ClNO/c1-11(15-4-2-3-5-16(15)18)19-17(20)10-14-9-12-6-7-13(14)8-12/h2-5,11-14H,6-10H2,1H3,(H,19,20). The van der Waals surface area contributed by atoms with Crippen molar-refractivity contribution in [2.75, 3.05) is 0 Å². The van der Waals surface area contributed by atoms with Crippen LogP contribution in [0.15, 0.2) is 24.3 Å². The van der Waals surface area contributed by atoms with Gasteiger partial charge in [0.05, 0.1) is 6.04 Å². The molecule has 4 atom stereocenters. The fraction of sp³-hybridized carbons (Fsp3) is 0.588. The maximum atomic E-state index is 12.2. The zero-order valence-electron chi connectivity index (χ0n) is 11.9. The van der Waals surface area contributed by atoms with Gasteiger partial charge in [-0.15, -0.1) is 0 Å². The van der Waals surface area contributed by atoms with Crippen LogP contribution < -0.4 is 5.32 Å². The number of carbonyl (C=O) groups is 1. The molecular formula is C17H22ClNO. The second-order valence-electron chi connectivity index (χ2n) is 6.45. The summed E-state index contributed by atoms with van der Waals surface area (Å²) < 4.78 is 0. The SMILES string of the molecule is CC(NC(=O)CC1CC2CCC1C2)c1ccccc1Cl. The lowest BCUT2D eigenvalue weighted by molar-refractivity contribution is -0.123. The van der Waals surface area contributed by atoms with Crippen molar-refractivity contribution in [1.29, 1.82) is 0 Å².